The van der Waals surface area contributed by atoms with Crippen LogP contribution < -0.4 is 9.46 Å². The number of carboxylic acids is 1. The summed E-state index contributed by atoms with van der Waals surface area (Å²) < 4.78 is 1.16. The zero-order chi connectivity index (χ0) is 14.4. The van der Waals surface area contributed by atoms with E-state index in [1.165, 1.54) is 30.7 Å². The van der Waals surface area contributed by atoms with Crippen molar-refractivity contribution in [3.05, 3.63) is 64.3 Å². The third-order valence-corrected chi connectivity index (χ3v) is 2.25. The summed E-state index contributed by atoms with van der Waals surface area (Å²) >= 11 is 0. The second-order valence-corrected chi connectivity index (χ2v) is 3.70. The second kappa shape index (κ2) is 6.29. The molecule has 0 spiro atoms. The number of rotatable bonds is 1. The van der Waals surface area contributed by atoms with Crippen LogP contribution in [0.15, 0.2) is 36.8 Å². The van der Waals surface area contributed by atoms with E-state index in [1.807, 2.05) is 0 Å². The number of carboxylic acid groups (broad SMARTS) is 1. The molecule has 100 valence electrons. The maximum atomic E-state index is 10.9. The molecule has 0 aliphatic rings. The van der Waals surface area contributed by atoms with Crippen molar-refractivity contribution in [2.24, 2.45) is 0 Å². The summed E-state index contributed by atoms with van der Waals surface area (Å²) in [4.78, 5) is 14.1. The molecule has 7 nitrogen and oxygen atoms in total. The Bertz CT molecular complexity index is 566. The Morgan fingerprint density at radius 2 is 1.95 bits per heavy atom. The molecular weight excluding hydrogens is 250 g/mol. The molecule has 0 amide bonds. The Labute approximate surface area is 109 Å². The zero-order valence-corrected chi connectivity index (χ0v) is 10.5. The Morgan fingerprint density at radius 3 is 2.37 bits per heavy atom. The van der Waals surface area contributed by atoms with Gasteiger partial charge in [0.05, 0.1) is 12.4 Å². The van der Waals surface area contributed by atoms with Crippen molar-refractivity contribution in [3.63, 3.8) is 0 Å². The van der Waals surface area contributed by atoms with E-state index < -0.39 is 5.97 Å². The molecule has 0 aliphatic heterocycles. The van der Waals surface area contributed by atoms with Gasteiger partial charge in [0.15, 0.2) is 11.9 Å². The van der Waals surface area contributed by atoms with Crippen LogP contribution >= 0.6 is 0 Å². The van der Waals surface area contributed by atoms with Gasteiger partial charge in [-0.1, -0.05) is 0 Å². The predicted molar refractivity (Wildman–Crippen MR) is 65.0 cm³/mol. The van der Waals surface area contributed by atoms with Crippen molar-refractivity contribution < 1.29 is 19.4 Å². The van der Waals surface area contributed by atoms with Crippen LogP contribution in [0.5, 0.6) is 0 Å². The molecule has 2 heterocycles. The van der Waals surface area contributed by atoms with Crippen LogP contribution in [0.3, 0.4) is 0 Å². The normalized spacial score (nSPS) is 9.37. The molecule has 0 aromatic carbocycles. The first-order valence-electron chi connectivity index (χ1n) is 5.35. The van der Waals surface area contributed by atoms with Gasteiger partial charge < -0.3 is 15.5 Å². The van der Waals surface area contributed by atoms with E-state index in [1.54, 1.807) is 19.9 Å². The minimum atomic E-state index is -1.20. The van der Waals surface area contributed by atoms with Crippen LogP contribution in [-0.2, 0) is 0 Å². The maximum Gasteiger partial charge on any atom is 0.402 e. The van der Waals surface area contributed by atoms with Gasteiger partial charge in [-0.05, 0) is 6.07 Å². The number of carbonyl (C=O) groups is 1. The Balaban J connectivity index is 0.000000200. The summed E-state index contributed by atoms with van der Waals surface area (Å²) in [6, 6.07) is 4.36. The fraction of sp³-hybridized carbons (Fsp3) is 0.167. The van der Waals surface area contributed by atoms with Gasteiger partial charge in [0, 0.05) is 26.0 Å². The summed E-state index contributed by atoms with van der Waals surface area (Å²) in [5, 5.41) is 29.9. The molecule has 19 heavy (non-hydrogen) atoms. The summed E-state index contributed by atoms with van der Waals surface area (Å²) in [5.41, 5.74) is 0.752. The molecule has 0 aliphatic carbocycles. The van der Waals surface area contributed by atoms with Gasteiger partial charge in [-0.15, -0.1) is 0 Å². The van der Waals surface area contributed by atoms with Crippen molar-refractivity contribution in [3.8, 4) is 0 Å². The van der Waals surface area contributed by atoms with E-state index in [9.17, 15) is 15.2 Å². The number of hydrogen-bond donors (Lipinski definition) is 1. The van der Waals surface area contributed by atoms with E-state index >= 15 is 0 Å². The van der Waals surface area contributed by atoms with Crippen molar-refractivity contribution in [1.29, 1.82) is 0 Å². The molecule has 0 atom stereocenters. The number of aromatic nitrogens is 3. The zero-order valence-electron chi connectivity index (χ0n) is 10.5. The first kappa shape index (κ1) is 14.4. The number of pyridine rings is 1. The van der Waals surface area contributed by atoms with Gasteiger partial charge in [0.25, 0.3) is 0 Å². The standard InChI is InChI=1S/C7H7NO3.C5H6N2O/c1-5-3-2-4-6(7(9)10)8(5)11;1-5-4-6-2-3-7(5)8/h2-4H,1H3,(H,9,10);2-4H,1H3. The SMILES string of the molecule is Cc1cccc(C(=O)O)[n+]1[O-].Cc1cncc[n+]1[O-]. The van der Waals surface area contributed by atoms with E-state index in [2.05, 4.69) is 4.98 Å². The molecule has 0 bridgehead atoms. The number of nitrogens with zero attached hydrogens (tertiary/aromatic N) is 3. The Kier molecular flexibility index (Phi) is 4.76. The van der Waals surface area contributed by atoms with Crippen molar-refractivity contribution >= 4 is 5.97 Å². The third-order valence-electron chi connectivity index (χ3n) is 2.25. The molecule has 1 N–H and O–H groups in total. The summed E-state index contributed by atoms with van der Waals surface area (Å²) in [6.07, 6.45) is 4.35. The van der Waals surface area contributed by atoms with Crippen LogP contribution in [-0.4, -0.2) is 16.1 Å². The van der Waals surface area contributed by atoms with Gasteiger partial charge >= 0.3 is 11.7 Å². The smallest absolute Gasteiger partial charge is 0.402 e. The molecule has 0 saturated carbocycles. The monoisotopic (exact) mass is 263 g/mol. The highest BCUT2D eigenvalue weighted by atomic mass is 16.5. The third kappa shape index (κ3) is 3.91. The summed E-state index contributed by atoms with van der Waals surface area (Å²) in [6.45, 7) is 3.26. The van der Waals surface area contributed by atoms with Crippen molar-refractivity contribution in [1.82, 2.24) is 4.98 Å². The van der Waals surface area contributed by atoms with E-state index in [4.69, 9.17) is 5.11 Å². The average molecular weight is 263 g/mol. The lowest BCUT2D eigenvalue weighted by molar-refractivity contribution is -0.615. The van der Waals surface area contributed by atoms with Crippen molar-refractivity contribution in [2.75, 3.05) is 0 Å². The molecule has 2 aromatic rings. The Morgan fingerprint density at radius 1 is 1.26 bits per heavy atom. The lowest BCUT2D eigenvalue weighted by atomic mass is 10.3. The highest BCUT2D eigenvalue weighted by Gasteiger charge is 2.14. The fourth-order valence-electron chi connectivity index (χ4n) is 1.19. The topological polar surface area (TPSA) is 104 Å². The van der Waals surface area contributed by atoms with Gasteiger partial charge in [0.1, 0.15) is 0 Å². The highest BCUT2D eigenvalue weighted by Crippen LogP contribution is 1.94. The minimum Gasteiger partial charge on any atom is -0.618 e. The molecule has 2 rings (SSSR count). The molecule has 0 unspecified atom stereocenters. The number of aryl methyl sites for hydroxylation is 2. The first-order valence-corrected chi connectivity index (χ1v) is 5.35. The van der Waals surface area contributed by atoms with Gasteiger partial charge in [-0.25, -0.2) is 4.79 Å². The largest absolute Gasteiger partial charge is 0.618 e. The van der Waals surface area contributed by atoms with Gasteiger partial charge in [-0.2, -0.15) is 9.46 Å². The van der Waals surface area contributed by atoms with Crippen LogP contribution in [0.4, 0.5) is 0 Å². The van der Waals surface area contributed by atoms with E-state index in [0.717, 1.165) is 4.73 Å². The van der Waals surface area contributed by atoms with Crippen molar-refractivity contribution in [2.45, 2.75) is 13.8 Å². The first-order chi connectivity index (χ1) is 8.93. The molecule has 0 fully saturated rings. The molecular formula is C12H13N3O4. The number of hydrogen-bond acceptors (Lipinski definition) is 4. The molecule has 0 radical (unpaired) electrons. The minimum absolute atomic E-state index is 0.245. The molecule has 2 aromatic heterocycles. The molecule has 7 heteroatoms. The van der Waals surface area contributed by atoms with E-state index in [0.29, 0.717) is 16.1 Å². The van der Waals surface area contributed by atoms with E-state index in [-0.39, 0.29) is 5.69 Å². The predicted octanol–water partition coefficient (Wildman–Crippen LogP) is 0.350. The van der Waals surface area contributed by atoms with Crippen LogP contribution in [0.1, 0.15) is 21.9 Å². The van der Waals surface area contributed by atoms with Crippen LogP contribution in [0.25, 0.3) is 0 Å². The maximum absolute atomic E-state index is 10.9. The second-order valence-electron chi connectivity index (χ2n) is 3.70. The van der Waals surface area contributed by atoms with Crippen LogP contribution in [0, 0.1) is 24.3 Å². The van der Waals surface area contributed by atoms with Gasteiger partial charge in [-0.3, -0.25) is 4.98 Å². The average Bonchev–Trinajstić information content (AvgIpc) is 2.37. The fourth-order valence-corrected chi connectivity index (χ4v) is 1.19. The summed E-state index contributed by atoms with van der Waals surface area (Å²) in [5.74, 6) is -1.20. The Hall–Kier alpha value is -2.70. The quantitative estimate of drug-likeness (QED) is 0.590. The lowest BCUT2D eigenvalue weighted by Gasteiger charge is -2.01. The number of aromatic carboxylic acids is 1. The summed E-state index contributed by atoms with van der Waals surface area (Å²) in [7, 11) is 0. The highest BCUT2D eigenvalue weighted by molar-refractivity contribution is 5.83. The van der Waals surface area contributed by atoms with Crippen LogP contribution in [0.2, 0.25) is 0 Å². The van der Waals surface area contributed by atoms with Gasteiger partial charge in [0.2, 0.25) is 5.69 Å². The molecule has 0 saturated heterocycles. The lowest BCUT2D eigenvalue weighted by Crippen LogP contribution is -2.37.